The number of carbonyl (C=O) groups is 1. The first-order valence-electron chi connectivity index (χ1n) is 5.59. The number of nitrogens with one attached hydrogen (secondary N) is 2. The standard InChI is InChI=1S/C11H22N2O2/c1-8-5-6-12-7-9(8)13-10(14)15-11(2,3)4/h8-9,12H,5-7H2,1-4H3,(H,13,14)/t8-,9+/m1/s1. The third-order valence-electron chi connectivity index (χ3n) is 2.53. The molecular weight excluding hydrogens is 192 g/mol. The third kappa shape index (κ3) is 4.51. The Morgan fingerprint density at radius 1 is 1.47 bits per heavy atom. The molecule has 0 aromatic heterocycles. The van der Waals surface area contributed by atoms with Gasteiger partial charge in [-0.2, -0.15) is 0 Å². The van der Waals surface area contributed by atoms with Crippen LogP contribution in [0.25, 0.3) is 0 Å². The Hall–Kier alpha value is -0.770. The first-order valence-corrected chi connectivity index (χ1v) is 5.59. The van der Waals surface area contributed by atoms with Gasteiger partial charge in [-0.1, -0.05) is 6.92 Å². The van der Waals surface area contributed by atoms with Crippen molar-refractivity contribution < 1.29 is 9.53 Å². The molecule has 88 valence electrons. The molecule has 0 aromatic rings. The molecule has 0 bridgehead atoms. The normalized spacial score (nSPS) is 27.2. The second-order valence-corrected chi connectivity index (χ2v) is 5.22. The van der Waals surface area contributed by atoms with Crippen molar-refractivity contribution >= 4 is 6.09 Å². The smallest absolute Gasteiger partial charge is 0.407 e. The molecule has 0 saturated carbocycles. The van der Waals surface area contributed by atoms with E-state index in [0.717, 1.165) is 19.5 Å². The van der Waals surface area contributed by atoms with Crippen molar-refractivity contribution in [2.24, 2.45) is 5.92 Å². The Labute approximate surface area is 91.8 Å². The van der Waals surface area contributed by atoms with Crippen LogP contribution < -0.4 is 10.6 Å². The first kappa shape index (κ1) is 12.3. The van der Waals surface area contributed by atoms with Gasteiger partial charge < -0.3 is 15.4 Å². The molecule has 2 atom stereocenters. The molecule has 1 aliphatic heterocycles. The number of ether oxygens (including phenoxy) is 1. The summed E-state index contributed by atoms with van der Waals surface area (Å²) in [6.45, 7) is 9.64. The maximum atomic E-state index is 11.5. The molecule has 0 spiro atoms. The number of amides is 1. The van der Waals surface area contributed by atoms with Crippen molar-refractivity contribution in [3.05, 3.63) is 0 Å². The summed E-state index contributed by atoms with van der Waals surface area (Å²) in [7, 11) is 0. The average Bonchev–Trinajstić information content (AvgIpc) is 2.05. The molecule has 0 radical (unpaired) electrons. The predicted octanol–water partition coefficient (Wildman–Crippen LogP) is 1.51. The van der Waals surface area contributed by atoms with E-state index in [1.54, 1.807) is 0 Å². The molecule has 1 saturated heterocycles. The third-order valence-corrected chi connectivity index (χ3v) is 2.53. The molecule has 0 aliphatic carbocycles. The molecule has 0 aromatic carbocycles. The zero-order valence-corrected chi connectivity index (χ0v) is 10.1. The lowest BCUT2D eigenvalue weighted by Gasteiger charge is -2.31. The van der Waals surface area contributed by atoms with Gasteiger partial charge in [0, 0.05) is 12.6 Å². The quantitative estimate of drug-likeness (QED) is 0.695. The van der Waals surface area contributed by atoms with Gasteiger partial charge in [-0.05, 0) is 39.7 Å². The SMILES string of the molecule is C[C@@H]1CCNC[C@@H]1NC(=O)OC(C)(C)C. The minimum atomic E-state index is -0.421. The largest absolute Gasteiger partial charge is 0.444 e. The molecule has 1 fully saturated rings. The number of alkyl carbamates (subject to hydrolysis) is 1. The van der Waals surface area contributed by atoms with Crippen LogP contribution in [0.3, 0.4) is 0 Å². The van der Waals surface area contributed by atoms with Gasteiger partial charge in [-0.25, -0.2) is 4.79 Å². The van der Waals surface area contributed by atoms with Crippen molar-refractivity contribution in [1.29, 1.82) is 0 Å². The topological polar surface area (TPSA) is 50.4 Å². The Kier molecular flexibility index (Phi) is 3.97. The van der Waals surface area contributed by atoms with Gasteiger partial charge in [0.25, 0.3) is 0 Å². The molecule has 15 heavy (non-hydrogen) atoms. The van der Waals surface area contributed by atoms with E-state index in [4.69, 9.17) is 4.74 Å². The first-order chi connectivity index (χ1) is 6.88. The van der Waals surface area contributed by atoms with Gasteiger partial charge in [0.1, 0.15) is 5.60 Å². The van der Waals surface area contributed by atoms with Crippen molar-refractivity contribution in [2.75, 3.05) is 13.1 Å². The molecule has 1 amide bonds. The summed E-state index contributed by atoms with van der Waals surface area (Å²) >= 11 is 0. The summed E-state index contributed by atoms with van der Waals surface area (Å²) in [5, 5.41) is 6.16. The zero-order valence-electron chi connectivity index (χ0n) is 10.1. The maximum absolute atomic E-state index is 11.5. The fourth-order valence-electron chi connectivity index (χ4n) is 1.64. The number of piperidine rings is 1. The number of hydrogen-bond acceptors (Lipinski definition) is 3. The monoisotopic (exact) mass is 214 g/mol. The van der Waals surface area contributed by atoms with Crippen molar-refractivity contribution in [2.45, 2.75) is 45.8 Å². The van der Waals surface area contributed by atoms with Crippen LogP contribution in [0.2, 0.25) is 0 Å². The van der Waals surface area contributed by atoms with Gasteiger partial charge in [0.15, 0.2) is 0 Å². The molecule has 4 heteroatoms. The highest BCUT2D eigenvalue weighted by molar-refractivity contribution is 5.68. The Bertz CT molecular complexity index is 223. The molecule has 1 aliphatic rings. The highest BCUT2D eigenvalue weighted by atomic mass is 16.6. The van der Waals surface area contributed by atoms with E-state index in [1.165, 1.54) is 0 Å². The van der Waals surface area contributed by atoms with Crippen LogP contribution in [0.5, 0.6) is 0 Å². The minimum absolute atomic E-state index is 0.189. The summed E-state index contributed by atoms with van der Waals surface area (Å²) in [6, 6.07) is 0.189. The van der Waals surface area contributed by atoms with E-state index in [2.05, 4.69) is 17.6 Å². The molecule has 4 nitrogen and oxygen atoms in total. The number of rotatable bonds is 1. The summed E-state index contributed by atoms with van der Waals surface area (Å²) in [6.07, 6.45) is 0.781. The fourth-order valence-corrected chi connectivity index (χ4v) is 1.64. The highest BCUT2D eigenvalue weighted by Crippen LogP contribution is 2.12. The van der Waals surface area contributed by atoms with E-state index in [0.29, 0.717) is 5.92 Å². The van der Waals surface area contributed by atoms with Crippen LogP contribution in [-0.4, -0.2) is 30.8 Å². The van der Waals surface area contributed by atoms with Gasteiger partial charge in [-0.3, -0.25) is 0 Å². The van der Waals surface area contributed by atoms with E-state index in [1.807, 2.05) is 20.8 Å². The lowest BCUT2D eigenvalue weighted by molar-refractivity contribution is 0.0479. The maximum Gasteiger partial charge on any atom is 0.407 e. The van der Waals surface area contributed by atoms with E-state index >= 15 is 0 Å². The molecule has 2 N–H and O–H groups in total. The summed E-state index contributed by atoms with van der Waals surface area (Å²) in [5.74, 6) is 0.513. The average molecular weight is 214 g/mol. The van der Waals surface area contributed by atoms with Crippen LogP contribution in [0.4, 0.5) is 4.79 Å². The molecule has 1 heterocycles. The predicted molar refractivity (Wildman–Crippen MR) is 59.8 cm³/mol. The number of hydrogen-bond donors (Lipinski definition) is 2. The van der Waals surface area contributed by atoms with Crippen molar-refractivity contribution in [3.8, 4) is 0 Å². The van der Waals surface area contributed by atoms with Crippen LogP contribution in [0.15, 0.2) is 0 Å². The van der Waals surface area contributed by atoms with Crippen molar-refractivity contribution in [3.63, 3.8) is 0 Å². The number of carbonyl (C=O) groups excluding carboxylic acids is 1. The second kappa shape index (κ2) is 4.84. The molecular formula is C11H22N2O2. The van der Waals surface area contributed by atoms with Gasteiger partial charge >= 0.3 is 6.09 Å². The minimum Gasteiger partial charge on any atom is -0.444 e. The zero-order chi connectivity index (χ0) is 11.5. The van der Waals surface area contributed by atoms with Crippen LogP contribution >= 0.6 is 0 Å². The van der Waals surface area contributed by atoms with Gasteiger partial charge in [-0.15, -0.1) is 0 Å². The highest BCUT2D eigenvalue weighted by Gasteiger charge is 2.25. The van der Waals surface area contributed by atoms with E-state index in [-0.39, 0.29) is 12.1 Å². The molecule has 1 rings (SSSR count). The Morgan fingerprint density at radius 2 is 2.13 bits per heavy atom. The van der Waals surface area contributed by atoms with Crippen molar-refractivity contribution in [1.82, 2.24) is 10.6 Å². The summed E-state index contributed by atoms with van der Waals surface area (Å²) in [4.78, 5) is 11.5. The van der Waals surface area contributed by atoms with E-state index < -0.39 is 5.60 Å². The van der Waals surface area contributed by atoms with Crippen LogP contribution in [-0.2, 0) is 4.74 Å². The Morgan fingerprint density at radius 3 is 2.67 bits per heavy atom. The summed E-state index contributed by atoms with van der Waals surface area (Å²) in [5.41, 5.74) is -0.421. The van der Waals surface area contributed by atoms with Gasteiger partial charge in [0.2, 0.25) is 0 Å². The fraction of sp³-hybridized carbons (Fsp3) is 0.909. The summed E-state index contributed by atoms with van der Waals surface area (Å²) < 4.78 is 5.21. The van der Waals surface area contributed by atoms with E-state index in [9.17, 15) is 4.79 Å². The lowest BCUT2D eigenvalue weighted by atomic mass is 9.95. The Balaban J connectivity index is 2.36. The second-order valence-electron chi connectivity index (χ2n) is 5.22. The van der Waals surface area contributed by atoms with Crippen LogP contribution in [0.1, 0.15) is 34.1 Å². The van der Waals surface area contributed by atoms with Gasteiger partial charge in [0.05, 0.1) is 0 Å². The lowest BCUT2D eigenvalue weighted by Crippen LogP contribution is -2.51. The molecule has 0 unspecified atom stereocenters. The van der Waals surface area contributed by atoms with Crippen LogP contribution in [0, 0.1) is 5.92 Å².